The molecule has 86 valence electrons. The number of hydrogen-bond donors (Lipinski definition) is 0. The van der Waals surface area contributed by atoms with Crippen LogP contribution in [-0.2, 0) is 6.54 Å². The van der Waals surface area contributed by atoms with E-state index in [-0.39, 0.29) is 10.3 Å². The fourth-order valence-electron chi connectivity index (χ4n) is 1.80. The van der Waals surface area contributed by atoms with Crippen LogP contribution in [-0.4, -0.2) is 4.57 Å². The first-order valence-electron chi connectivity index (χ1n) is 5.47. The number of fused-ring (bicyclic) bond motifs is 1. The fourth-order valence-corrected chi connectivity index (χ4v) is 2.79. The second-order valence-corrected chi connectivity index (χ2v) is 6.48. The summed E-state index contributed by atoms with van der Waals surface area (Å²) in [6.07, 6.45) is 0. The van der Waals surface area contributed by atoms with Gasteiger partial charge in [-0.1, -0.05) is 38.2 Å². The van der Waals surface area contributed by atoms with Gasteiger partial charge in [0.15, 0.2) is 0 Å². The van der Waals surface area contributed by atoms with Crippen LogP contribution < -0.4 is 4.87 Å². The lowest BCUT2D eigenvalue weighted by molar-refractivity contribution is 0.346. The van der Waals surface area contributed by atoms with Crippen LogP contribution in [0.3, 0.4) is 0 Å². The molecule has 2 nitrogen and oxygen atoms in total. The van der Waals surface area contributed by atoms with Gasteiger partial charge >= 0.3 is 4.87 Å². The maximum Gasteiger partial charge on any atom is 0.308 e. The van der Waals surface area contributed by atoms with Crippen LogP contribution in [0.25, 0.3) is 10.2 Å². The Morgan fingerprint density at radius 2 is 2.00 bits per heavy atom. The van der Waals surface area contributed by atoms with Crippen molar-refractivity contribution in [2.45, 2.75) is 34.2 Å². The number of rotatable bonds is 1. The molecule has 0 N–H and O–H groups in total. The Morgan fingerprint density at radius 1 is 1.31 bits per heavy atom. The number of nitrogens with zero attached hydrogens (tertiary/aromatic N) is 1. The zero-order valence-electron chi connectivity index (χ0n) is 10.2. The molecule has 0 aliphatic carbocycles. The summed E-state index contributed by atoms with van der Waals surface area (Å²) < 4.78 is 2.98. The van der Waals surface area contributed by atoms with E-state index in [1.54, 1.807) is 0 Å². The lowest BCUT2D eigenvalue weighted by atomic mass is 9.97. The summed E-state index contributed by atoms with van der Waals surface area (Å²) in [4.78, 5) is 12.1. The van der Waals surface area contributed by atoms with Gasteiger partial charge in [-0.25, -0.2) is 0 Å². The van der Waals surface area contributed by atoms with Crippen LogP contribution in [0.5, 0.6) is 0 Å². The van der Waals surface area contributed by atoms with E-state index < -0.39 is 0 Å². The predicted molar refractivity (Wildman–Crippen MR) is 70.3 cm³/mol. The highest BCUT2D eigenvalue weighted by Crippen LogP contribution is 2.23. The first-order chi connectivity index (χ1) is 7.37. The van der Waals surface area contributed by atoms with Crippen molar-refractivity contribution < 1.29 is 0 Å². The number of aryl methyl sites for hydroxylation is 1. The molecular formula is C13H17NOS. The van der Waals surface area contributed by atoms with Gasteiger partial charge < -0.3 is 0 Å². The maximum absolute atomic E-state index is 11.9. The summed E-state index contributed by atoms with van der Waals surface area (Å²) >= 11 is 1.34. The molecule has 1 aromatic carbocycles. The Morgan fingerprint density at radius 3 is 2.62 bits per heavy atom. The molecule has 0 atom stereocenters. The van der Waals surface area contributed by atoms with Crippen molar-refractivity contribution in [1.82, 2.24) is 4.57 Å². The van der Waals surface area contributed by atoms with Crippen molar-refractivity contribution in [3.8, 4) is 0 Å². The molecule has 2 rings (SSSR count). The van der Waals surface area contributed by atoms with Crippen LogP contribution in [0.15, 0.2) is 23.0 Å². The maximum atomic E-state index is 11.9. The molecule has 0 spiro atoms. The van der Waals surface area contributed by atoms with E-state index in [1.165, 1.54) is 16.9 Å². The molecule has 0 fully saturated rings. The Bertz CT molecular complexity index is 572. The number of benzene rings is 1. The fraction of sp³-hybridized carbons (Fsp3) is 0.462. The Kier molecular flexibility index (Phi) is 2.66. The first-order valence-corrected chi connectivity index (χ1v) is 6.28. The van der Waals surface area contributed by atoms with Crippen molar-refractivity contribution in [2.24, 2.45) is 5.41 Å². The molecule has 16 heavy (non-hydrogen) atoms. The minimum Gasteiger partial charge on any atom is -0.298 e. The molecule has 0 amide bonds. The van der Waals surface area contributed by atoms with E-state index >= 15 is 0 Å². The van der Waals surface area contributed by atoms with Gasteiger partial charge in [0.05, 0.1) is 10.2 Å². The smallest absolute Gasteiger partial charge is 0.298 e. The lowest BCUT2D eigenvalue weighted by Crippen LogP contribution is -2.22. The van der Waals surface area contributed by atoms with Gasteiger partial charge in [-0.2, -0.15) is 0 Å². The van der Waals surface area contributed by atoms with Gasteiger partial charge in [0.1, 0.15) is 0 Å². The van der Waals surface area contributed by atoms with Gasteiger partial charge in [-0.15, -0.1) is 0 Å². The van der Waals surface area contributed by atoms with Gasteiger partial charge in [-0.05, 0) is 30.0 Å². The Hall–Kier alpha value is -1.09. The number of hydrogen-bond acceptors (Lipinski definition) is 2. The highest BCUT2D eigenvalue weighted by atomic mass is 32.1. The van der Waals surface area contributed by atoms with Crippen molar-refractivity contribution in [2.75, 3.05) is 0 Å². The van der Waals surface area contributed by atoms with Gasteiger partial charge in [0.25, 0.3) is 0 Å². The molecule has 0 saturated carbocycles. The summed E-state index contributed by atoms with van der Waals surface area (Å²) in [6, 6.07) is 6.20. The average Bonchev–Trinajstić information content (AvgIpc) is 2.40. The number of aromatic nitrogens is 1. The van der Waals surface area contributed by atoms with Crippen molar-refractivity contribution in [1.29, 1.82) is 0 Å². The molecule has 3 heteroatoms. The monoisotopic (exact) mass is 235 g/mol. The predicted octanol–water partition coefficient (Wildman–Crippen LogP) is 3.42. The van der Waals surface area contributed by atoms with Crippen LogP contribution in [0, 0.1) is 12.3 Å². The van der Waals surface area contributed by atoms with Crippen LogP contribution >= 0.6 is 11.3 Å². The second kappa shape index (κ2) is 3.74. The summed E-state index contributed by atoms with van der Waals surface area (Å²) in [6.45, 7) is 9.28. The average molecular weight is 235 g/mol. The van der Waals surface area contributed by atoms with E-state index in [9.17, 15) is 4.79 Å². The van der Waals surface area contributed by atoms with Gasteiger partial charge in [0.2, 0.25) is 0 Å². The molecule has 2 aromatic rings. The molecule has 1 aromatic heterocycles. The third-order valence-corrected chi connectivity index (χ3v) is 3.40. The van der Waals surface area contributed by atoms with Crippen molar-refractivity contribution >= 4 is 21.6 Å². The topological polar surface area (TPSA) is 22.0 Å². The van der Waals surface area contributed by atoms with E-state index in [0.29, 0.717) is 0 Å². The standard InChI is InChI=1S/C13H17NOS/c1-9-5-6-10-11(7-9)16-12(15)14(10)8-13(2,3)4/h5-7H,8H2,1-4H3. The Balaban J connectivity index is 2.61. The third kappa shape index (κ3) is 2.19. The summed E-state index contributed by atoms with van der Waals surface area (Å²) in [5, 5.41) is 0. The summed E-state index contributed by atoms with van der Waals surface area (Å²) in [5.41, 5.74) is 2.40. The van der Waals surface area contributed by atoms with E-state index in [0.717, 1.165) is 16.8 Å². The molecular weight excluding hydrogens is 218 g/mol. The second-order valence-electron chi connectivity index (χ2n) is 5.49. The zero-order chi connectivity index (χ0) is 11.9. The van der Waals surface area contributed by atoms with Crippen LogP contribution in [0.4, 0.5) is 0 Å². The van der Waals surface area contributed by atoms with Crippen LogP contribution in [0.2, 0.25) is 0 Å². The van der Waals surface area contributed by atoms with E-state index in [4.69, 9.17) is 0 Å². The third-order valence-electron chi connectivity index (χ3n) is 2.46. The molecule has 0 saturated heterocycles. The quantitative estimate of drug-likeness (QED) is 0.742. The lowest BCUT2D eigenvalue weighted by Gasteiger charge is -2.18. The highest BCUT2D eigenvalue weighted by Gasteiger charge is 2.15. The Labute approximate surface area is 99.5 Å². The summed E-state index contributed by atoms with van der Waals surface area (Å²) in [7, 11) is 0. The summed E-state index contributed by atoms with van der Waals surface area (Å²) in [5.74, 6) is 0. The van der Waals surface area contributed by atoms with E-state index in [1.807, 2.05) is 10.6 Å². The molecule has 0 aliphatic heterocycles. The number of thiazole rings is 1. The van der Waals surface area contributed by atoms with E-state index in [2.05, 4.69) is 39.8 Å². The largest absolute Gasteiger partial charge is 0.308 e. The minimum absolute atomic E-state index is 0.128. The SMILES string of the molecule is Cc1ccc2c(c1)sc(=O)n2CC(C)(C)C. The van der Waals surface area contributed by atoms with Gasteiger partial charge in [-0.3, -0.25) is 9.36 Å². The first kappa shape index (κ1) is 11.4. The van der Waals surface area contributed by atoms with Gasteiger partial charge in [0, 0.05) is 6.54 Å². The zero-order valence-corrected chi connectivity index (χ0v) is 11.0. The molecule has 0 radical (unpaired) electrons. The van der Waals surface area contributed by atoms with Crippen molar-refractivity contribution in [3.05, 3.63) is 33.4 Å². The molecule has 0 bridgehead atoms. The van der Waals surface area contributed by atoms with Crippen molar-refractivity contribution in [3.63, 3.8) is 0 Å². The normalized spacial score (nSPS) is 12.2. The minimum atomic E-state index is 0.128. The molecule has 0 unspecified atom stereocenters. The molecule has 0 aliphatic rings. The highest BCUT2D eigenvalue weighted by molar-refractivity contribution is 7.16. The molecule has 1 heterocycles. The van der Waals surface area contributed by atoms with Crippen LogP contribution in [0.1, 0.15) is 26.3 Å².